The van der Waals surface area contributed by atoms with Crippen LogP contribution in [0, 0.1) is 23.2 Å². The number of amides is 1. The summed E-state index contributed by atoms with van der Waals surface area (Å²) >= 11 is 0. The van der Waals surface area contributed by atoms with Crippen LogP contribution in [-0.2, 0) is 9.63 Å². The molecular weight excluding hydrogens is 252 g/mol. The highest BCUT2D eigenvalue weighted by Gasteiger charge is 2.40. The maximum atomic E-state index is 12.5. The average molecular weight is 270 g/mol. The number of carbonyl (C=O) groups excluding carboxylic acids is 1. The van der Waals surface area contributed by atoms with Crippen LogP contribution in [0.1, 0.15) is 43.4 Å². The van der Waals surface area contributed by atoms with E-state index in [9.17, 15) is 4.79 Å². The third kappa shape index (κ3) is 2.41. The SMILES string of the molecule is C[C@@H](C(=O)N1OCC[C@H]1c1ccc(C#N)cc1)C1CC1. The quantitative estimate of drug-likeness (QED) is 0.848. The Balaban J connectivity index is 1.77. The molecule has 0 aromatic heterocycles. The van der Waals surface area contributed by atoms with Gasteiger partial charge in [-0.15, -0.1) is 0 Å². The number of carbonyl (C=O) groups is 1. The third-order valence-electron chi connectivity index (χ3n) is 4.27. The average Bonchev–Trinajstić information content (AvgIpc) is 3.23. The van der Waals surface area contributed by atoms with Gasteiger partial charge in [-0.05, 0) is 36.5 Å². The second kappa shape index (κ2) is 5.26. The van der Waals surface area contributed by atoms with Crippen LogP contribution in [0.15, 0.2) is 24.3 Å². The largest absolute Gasteiger partial charge is 0.272 e. The van der Waals surface area contributed by atoms with Crippen LogP contribution in [-0.4, -0.2) is 17.6 Å². The predicted molar refractivity (Wildman–Crippen MR) is 73.2 cm³/mol. The van der Waals surface area contributed by atoms with Gasteiger partial charge < -0.3 is 0 Å². The molecule has 1 amide bonds. The number of hydrogen-bond acceptors (Lipinski definition) is 3. The van der Waals surface area contributed by atoms with Crippen molar-refractivity contribution in [3.05, 3.63) is 35.4 Å². The van der Waals surface area contributed by atoms with Crippen molar-refractivity contribution in [1.29, 1.82) is 5.26 Å². The Hall–Kier alpha value is -1.86. The van der Waals surface area contributed by atoms with Crippen molar-refractivity contribution in [2.45, 2.75) is 32.2 Å². The first kappa shape index (κ1) is 13.1. The zero-order valence-corrected chi connectivity index (χ0v) is 11.6. The first-order valence-electron chi connectivity index (χ1n) is 7.16. The van der Waals surface area contributed by atoms with E-state index in [-0.39, 0.29) is 17.9 Å². The van der Waals surface area contributed by atoms with Crippen molar-refractivity contribution in [1.82, 2.24) is 5.06 Å². The summed E-state index contributed by atoms with van der Waals surface area (Å²) in [4.78, 5) is 18.0. The molecule has 0 bridgehead atoms. The maximum Gasteiger partial charge on any atom is 0.249 e. The van der Waals surface area contributed by atoms with E-state index in [1.165, 1.54) is 0 Å². The van der Waals surface area contributed by atoms with Gasteiger partial charge in [-0.25, -0.2) is 5.06 Å². The Labute approximate surface area is 118 Å². The minimum absolute atomic E-state index is 0.0172. The molecule has 1 aromatic carbocycles. The van der Waals surface area contributed by atoms with E-state index in [2.05, 4.69) is 6.07 Å². The smallest absolute Gasteiger partial charge is 0.249 e. The standard InChI is InChI=1S/C16H18N2O2/c1-11(13-6-7-13)16(19)18-15(8-9-20-18)14-4-2-12(10-17)3-5-14/h2-5,11,13,15H,6-9H2,1H3/t11-,15+/m1/s1. The molecule has 0 spiro atoms. The summed E-state index contributed by atoms with van der Waals surface area (Å²) < 4.78 is 0. The molecule has 0 radical (unpaired) electrons. The van der Waals surface area contributed by atoms with Crippen LogP contribution < -0.4 is 0 Å². The Kier molecular flexibility index (Phi) is 3.45. The molecule has 0 unspecified atom stereocenters. The summed E-state index contributed by atoms with van der Waals surface area (Å²) in [6, 6.07) is 9.51. The van der Waals surface area contributed by atoms with Crippen LogP contribution in [0.4, 0.5) is 0 Å². The number of nitriles is 1. The molecule has 1 aliphatic heterocycles. The van der Waals surface area contributed by atoms with E-state index in [0.29, 0.717) is 18.1 Å². The summed E-state index contributed by atoms with van der Waals surface area (Å²) in [5.74, 6) is 0.682. The van der Waals surface area contributed by atoms with Gasteiger partial charge in [-0.2, -0.15) is 5.26 Å². The molecule has 4 nitrogen and oxygen atoms in total. The van der Waals surface area contributed by atoms with Crippen LogP contribution in [0.5, 0.6) is 0 Å². The second-order valence-corrected chi connectivity index (χ2v) is 5.66. The van der Waals surface area contributed by atoms with Crippen LogP contribution in [0.2, 0.25) is 0 Å². The van der Waals surface area contributed by atoms with E-state index < -0.39 is 0 Å². The molecule has 20 heavy (non-hydrogen) atoms. The lowest BCUT2D eigenvalue weighted by molar-refractivity contribution is -0.182. The molecule has 0 N–H and O–H groups in total. The Bertz CT molecular complexity index is 543. The number of nitrogens with zero attached hydrogens (tertiary/aromatic N) is 2. The minimum atomic E-state index is -0.0172. The first-order valence-corrected chi connectivity index (χ1v) is 7.16. The van der Waals surface area contributed by atoms with Crippen molar-refractivity contribution in [3.8, 4) is 6.07 Å². The summed E-state index contributed by atoms with van der Waals surface area (Å²) in [6.07, 6.45) is 3.12. The highest BCUT2D eigenvalue weighted by molar-refractivity contribution is 5.78. The summed E-state index contributed by atoms with van der Waals surface area (Å²) in [5, 5.41) is 10.4. The van der Waals surface area contributed by atoms with E-state index in [1.54, 1.807) is 17.2 Å². The van der Waals surface area contributed by atoms with Gasteiger partial charge in [-0.3, -0.25) is 9.63 Å². The zero-order chi connectivity index (χ0) is 14.1. The maximum absolute atomic E-state index is 12.5. The molecule has 2 atom stereocenters. The Morgan fingerprint density at radius 1 is 1.35 bits per heavy atom. The van der Waals surface area contributed by atoms with Gasteiger partial charge >= 0.3 is 0 Å². The van der Waals surface area contributed by atoms with E-state index in [0.717, 1.165) is 24.8 Å². The minimum Gasteiger partial charge on any atom is -0.272 e. The van der Waals surface area contributed by atoms with E-state index in [4.69, 9.17) is 10.1 Å². The normalized spacial score (nSPS) is 23.4. The Morgan fingerprint density at radius 2 is 2.05 bits per heavy atom. The third-order valence-corrected chi connectivity index (χ3v) is 4.27. The van der Waals surface area contributed by atoms with Crippen molar-refractivity contribution in [2.75, 3.05) is 6.61 Å². The number of rotatable bonds is 3. The first-order chi connectivity index (χ1) is 9.70. The lowest BCUT2D eigenvalue weighted by Gasteiger charge is -2.25. The fraction of sp³-hybridized carbons (Fsp3) is 0.500. The molecule has 3 rings (SSSR count). The number of hydroxylamine groups is 2. The van der Waals surface area contributed by atoms with Gasteiger partial charge in [0.2, 0.25) is 5.91 Å². The molecule has 1 saturated heterocycles. The summed E-state index contributed by atoms with van der Waals surface area (Å²) in [7, 11) is 0. The van der Waals surface area contributed by atoms with Gasteiger partial charge in [-0.1, -0.05) is 19.1 Å². The van der Waals surface area contributed by atoms with Crippen molar-refractivity contribution in [3.63, 3.8) is 0 Å². The van der Waals surface area contributed by atoms with Crippen LogP contribution in [0.25, 0.3) is 0 Å². The van der Waals surface area contributed by atoms with Gasteiger partial charge in [0.05, 0.1) is 24.3 Å². The van der Waals surface area contributed by atoms with Gasteiger partial charge in [0.15, 0.2) is 0 Å². The molecule has 2 fully saturated rings. The second-order valence-electron chi connectivity index (χ2n) is 5.66. The van der Waals surface area contributed by atoms with Gasteiger partial charge in [0, 0.05) is 12.3 Å². The molecule has 104 valence electrons. The monoisotopic (exact) mass is 270 g/mol. The van der Waals surface area contributed by atoms with Crippen LogP contribution >= 0.6 is 0 Å². The van der Waals surface area contributed by atoms with Crippen molar-refractivity contribution >= 4 is 5.91 Å². The van der Waals surface area contributed by atoms with Crippen LogP contribution in [0.3, 0.4) is 0 Å². The van der Waals surface area contributed by atoms with Gasteiger partial charge in [0.1, 0.15) is 0 Å². The zero-order valence-electron chi connectivity index (χ0n) is 11.6. The van der Waals surface area contributed by atoms with E-state index >= 15 is 0 Å². The van der Waals surface area contributed by atoms with Crippen molar-refractivity contribution in [2.24, 2.45) is 11.8 Å². The molecule has 1 saturated carbocycles. The topological polar surface area (TPSA) is 53.3 Å². The highest BCUT2D eigenvalue weighted by atomic mass is 16.7. The van der Waals surface area contributed by atoms with Gasteiger partial charge in [0.25, 0.3) is 0 Å². The summed E-state index contributed by atoms with van der Waals surface area (Å²) in [5.41, 5.74) is 1.68. The summed E-state index contributed by atoms with van der Waals surface area (Å²) in [6.45, 7) is 2.57. The molecule has 4 heteroatoms. The molecule has 1 heterocycles. The molecule has 1 aliphatic carbocycles. The Morgan fingerprint density at radius 3 is 2.65 bits per heavy atom. The molecule has 2 aliphatic rings. The number of benzene rings is 1. The fourth-order valence-electron chi connectivity index (χ4n) is 2.77. The lowest BCUT2D eigenvalue weighted by Crippen LogP contribution is -2.34. The van der Waals surface area contributed by atoms with Crippen molar-refractivity contribution < 1.29 is 9.63 Å². The highest BCUT2D eigenvalue weighted by Crippen LogP contribution is 2.40. The molecular formula is C16H18N2O2. The lowest BCUT2D eigenvalue weighted by atomic mass is 10.0. The number of hydrogen-bond donors (Lipinski definition) is 0. The molecule has 1 aromatic rings. The fourth-order valence-corrected chi connectivity index (χ4v) is 2.77. The predicted octanol–water partition coefficient (Wildman–Crippen LogP) is 2.81. The van der Waals surface area contributed by atoms with E-state index in [1.807, 2.05) is 19.1 Å².